The number of rotatable bonds is 11. The molecule has 2 aromatic carbocycles. The minimum Gasteiger partial charge on any atom is -0.336 e. The number of carbonyl (C=O) groups excluding carboxylic acids is 2. The number of carbonyl (C=O) groups is 2. The lowest BCUT2D eigenvalue weighted by molar-refractivity contribution is -0.131. The number of aryl methyl sites for hydroxylation is 1. The first-order valence-corrected chi connectivity index (χ1v) is 12.6. The highest BCUT2D eigenvalue weighted by molar-refractivity contribution is 7.99. The second-order valence-electron chi connectivity index (χ2n) is 8.75. The molecule has 8 nitrogen and oxygen atoms in total. The molecule has 0 saturated carbocycles. The second-order valence-corrected chi connectivity index (χ2v) is 9.70. The zero-order valence-electron chi connectivity index (χ0n) is 21.1. The molecule has 1 heterocycles. The molecule has 0 bridgehead atoms. The number of thioether (sulfide) groups is 1. The van der Waals surface area contributed by atoms with Gasteiger partial charge in [-0.25, -0.2) is 0 Å². The number of hydrogen-bond acceptors (Lipinski definition) is 6. The summed E-state index contributed by atoms with van der Waals surface area (Å²) in [5, 5.41) is 12.4. The average molecular weight is 495 g/mol. The maximum atomic E-state index is 12.8. The number of nitrogens with zero attached hydrogens (tertiary/aromatic N) is 5. The van der Waals surface area contributed by atoms with Gasteiger partial charge in [0.25, 0.3) is 0 Å². The van der Waals surface area contributed by atoms with Gasteiger partial charge >= 0.3 is 0 Å². The Kier molecular flexibility index (Phi) is 9.45. The summed E-state index contributed by atoms with van der Waals surface area (Å²) < 4.78 is 2.09. The van der Waals surface area contributed by atoms with Crippen molar-refractivity contribution in [3.8, 4) is 0 Å². The summed E-state index contributed by atoms with van der Waals surface area (Å²) in [6.07, 6.45) is 0.891. The van der Waals surface area contributed by atoms with Gasteiger partial charge in [0, 0.05) is 12.7 Å². The number of benzene rings is 2. The van der Waals surface area contributed by atoms with Crippen LogP contribution in [0.2, 0.25) is 0 Å². The van der Waals surface area contributed by atoms with Crippen LogP contribution in [0, 0.1) is 6.92 Å². The maximum absolute atomic E-state index is 12.8. The highest BCUT2D eigenvalue weighted by Gasteiger charge is 2.23. The lowest BCUT2D eigenvalue weighted by atomic mass is 10.2. The Morgan fingerprint density at radius 2 is 1.71 bits per heavy atom. The van der Waals surface area contributed by atoms with Crippen LogP contribution in [0.5, 0.6) is 0 Å². The standard InChI is InChI=1S/C26H34N6O2S/c1-6-22(30(3)4)25-28-29-26(32(25)16-20-10-8-7-9-11-20)35-18-24(34)31(5)17-23(33)27-21-14-12-19(2)13-15-21/h7-15,22H,6,16-18H2,1-5H3,(H,27,33). The predicted molar refractivity (Wildman–Crippen MR) is 140 cm³/mol. The molecule has 186 valence electrons. The normalized spacial score (nSPS) is 11.9. The minimum absolute atomic E-state index is 0.0201. The topological polar surface area (TPSA) is 83.4 Å². The Labute approximate surface area is 211 Å². The SMILES string of the molecule is CCC(c1nnc(SCC(=O)N(C)CC(=O)Nc2ccc(C)cc2)n1Cc1ccccc1)N(C)C. The van der Waals surface area contributed by atoms with Crippen molar-refractivity contribution in [1.82, 2.24) is 24.6 Å². The third kappa shape index (κ3) is 7.40. The number of anilines is 1. The lowest BCUT2D eigenvalue weighted by Crippen LogP contribution is -2.36. The van der Waals surface area contributed by atoms with E-state index in [1.807, 2.05) is 63.5 Å². The van der Waals surface area contributed by atoms with Crippen molar-refractivity contribution < 1.29 is 9.59 Å². The second kappa shape index (κ2) is 12.5. The summed E-state index contributed by atoms with van der Waals surface area (Å²) >= 11 is 1.34. The van der Waals surface area contributed by atoms with Crippen molar-refractivity contribution in [3.05, 3.63) is 71.5 Å². The summed E-state index contributed by atoms with van der Waals surface area (Å²) in [6.45, 7) is 4.72. The quantitative estimate of drug-likeness (QED) is 0.408. The maximum Gasteiger partial charge on any atom is 0.243 e. The van der Waals surface area contributed by atoms with Crippen molar-refractivity contribution in [3.63, 3.8) is 0 Å². The van der Waals surface area contributed by atoms with E-state index < -0.39 is 0 Å². The Morgan fingerprint density at radius 3 is 2.34 bits per heavy atom. The van der Waals surface area contributed by atoms with E-state index in [2.05, 4.69) is 44.0 Å². The van der Waals surface area contributed by atoms with Crippen LogP contribution in [0.1, 0.15) is 36.3 Å². The molecule has 0 aliphatic rings. The zero-order valence-corrected chi connectivity index (χ0v) is 21.9. The largest absolute Gasteiger partial charge is 0.336 e. The fraction of sp³-hybridized carbons (Fsp3) is 0.385. The van der Waals surface area contributed by atoms with E-state index in [1.54, 1.807) is 7.05 Å². The van der Waals surface area contributed by atoms with Crippen molar-refractivity contribution in [2.24, 2.45) is 0 Å². The summed E-state index contributed by atoms with van der Waals surface area (Å²) in [6, 6.07) is 17.8. The molecule has 1 aromatic heterocycles. The monoisotopic (exact) mass is 494 g/mol. The fourth-order valence-electron chi connectivity index (χ4n) is 3.72. The molecule has 1 N–H and O–H groups in total. The molecule has 3 rings (SSSR count). The molecule has 0 radical (unpaired) electrons. The van der Waals surface area contributed by atoms with E-state index in [-0.39, 0.29) is 30.2 Å². The molecule has 0 aliphatic heterocycles. The first-order valence-electron chi connectivity index (χ1n) is 11.6. The van der Waals surface area contributed by atoms with Crippen LogP contribution in [0.15, 0.2) is 59.8 Å². The van der Waals surface area contributed by atoms with Crippen molar-refractivity contribution in [2.45, 2.75) is 38.0 Å². The first-order chi connectivity index (χ1) is 16.8. The smallest absolute Gasteiger partial charge is 0.243 e. The van der Waals surface area contributed by atoms with Crippen molar-refractivity contribution in [2.75, 3.05) is 38.8 Å². The molecule has 1 atom stereocenters. The van der Waals surface area contributed by atoms with Gasteiger partial charge in [0.2, 0.25) is 11.8 Å². The van der Waals surface area contributed by atoms with Gasteiger partial charge in [0.1, 0.15) is 0 Å². The van der Waals surface area contributed by atoms with Gasteiger partial charge in [0.15, 0.2) is 11.0 Å². The molecule has 0 spiro atoms. The average Bonchev–Trinajstić information content (AvgIpc) is 3.21. The summed E-state index contributed by atoms with van der Waals surface area (Å²) in [7, 11) is 5.70. The van der Waals surface area contributed by atoms with Gasteiger partial charge in [-0.3, -0.25) is 14.5 Å². The fourth-order valence-corrected chi connectivity index (χ4v) is 4.61. The molecule has 9 heteroatoms. The van der Waals surface area contributed by atoms with E-state index in [1.165, 1.54) is 16.7 Å². The van der Waals surface area contributed by atoms with Crippen LogP contribution in [0.4, 0.5) is 5.69 Å². The molecule has 3 aromatic rings. The Bertz CT molecular complexity index is 1110. The highest BCUT2D eigenvalue weighted by Crippen LogP contribution is 2.26. The predicted octanol–water partition coefficient (Wildman–Crippen LogP) is 3.84. The van der Waals surface area contributed by atoms with Crippen molar-refractivity contribution >= 4 is 29.3 Å². The van der Waals surface area contributed by atoms with E-state index in [0.717, 1.165) is 23.4 Å². The molecule has 0 fully saturated rings. The van der Waals surface area contributed by atoms with E-state index >= 15 is 0 Å². The molecule has 0 aliphatic carbocycles. The van der Waals surface area contributed by atoms with Gasteiger partial charge < -0.3 is 14.8 Å². The number of nitrogens with one attached hydrogen (secondary N) is 1. The van der Waals surface area contributed by atoms with Gasteiger partial charge in [-0.1, -0.05) is 66.7 Å². The molecule has 35 heavy (non-hydrogen) atoms. The van der Waals surface area contributed by atoms with E-state index in [0.29, 0.717) is 17.4 Å². The molecular weight excluding hydrogens is 460 g/mol. The van der Waals surface area contributed by atoms with E-state index in [9.17, 15) is 9.59 Å². The van der Waals surface area contributed by atoms with E-state index in [4.69, 9.17) is 0 Å². The summed E-state index contributed by atoms with van der Waals surface area (Å²) in [5.41, 5.74) is 2.97. The zero-order chi connectivity index (χ0) is 25.4. The first kappa shape index (κ1) is 26.4. The Morgan fingerprint density at radius 1 is 1.03 bits per heavy atom. The Hall–Kier alpha value is -3.17. The van der Waals surface area contributed by atoms with Crippen LogP contribution in [-0.4, -0.2) is 69.8 Å². The van der Waals surface area contributed by atoms with Crippen LogP contribution >= 0.6 is 11.8 Å². The van der Waals surface area contributed by atoms with Crippen LogP contribution in [0.25, 0.3) is 0 Å². The van der Waals surface area contributed by atoms with Gasteiger partial charge in [-0.2, -0.15) is 0 Å². The number of hydrogen-bond donors (Lipinski definition) is 1. The molecule has 0 saturated heterocycles. The molecule has 1 unspecified atom stereocenters. The third-order valence-corrected chi connectivity index (χ3v) is 6.66. The van der Waals surface area contributed by atoms with Gasteiger partial charge in [-0.05, 0) is 45.1 Å². The molecular formula is C26H34N6O2S. The van der Waals surface area contributed by atoms with Gasteiger partial charge in [0.05, 0.1) is 24.9 Å². The van der Waals surface area contributed by atoms with Crippen molar-refractivity contribution in [1.29, 1.82) is 0 Å². The number of amides is 2. The highest BCUT2D eigenvalue weighted by atomic mass is 32.2. The van der Waals surface area contributed by atoms with Crippen LogP contribution in [0.3, 0.4) is 0 Å². The number of aromatic nitrogens is 3. The van der Waals surface area contributed by atoms with Crippen LogP contribution in [-0.2, 0) is 16.1 Å². The lowest BCUT2D eigenvalue weighted by Gasteiger charge is -2.23. The van der Waals surface area contributed by atoms with Gasteiger partial charge in [-0.15, -0.1) is 10.2 Å². The molecule has 2 amide bonds. The summed E-state index contributed by atoms with van der Waals surface area (Å²) in [4.78, 5) is 28.7. The van der Waals surface area contributed by atoms with Crippen LogP contribution < -0.4 is 5.32 Å². The summed E-state index contributed by atoms with van der Waals surface area (Å²) in [5.74, 6) is 0.660. The number of likely N-dealkylation sites (N-methyl/N-ethyl adjacent to an activating group) is 1. The minimum atomic E-state index is -0.235. The Balaban J connectivity index is 1.66. The third-order valence-electron chi connectivity index (χ3n) is 5.70.